The minimum absolute atomic E-state index is 0.824. The van der Waals surface area contributed by atoms with Crippen LogP contribution in [-0.2, 0) is 5.33 Å². The van der Waals surface area contributed by atoms with Crippen LogP contribution in [0.15, 0.2) is 18.2 Å². The quantitative estimate of drug-likeness (QED) is 0.783. The van der Waals surface area contributed by atoms with Gasteiger partial charge in [-0.05, 0) is 25.0 Å². The fourth-order valence-electron chi connectivity index (χ4n) is 2.74. The van der Waals surface area contributed by atoms with E-state index in [-0.39, 0.29) is 0 Å². The number of nitrogens with zero attached hydrogens (tertiary/aromatic N) is 2. The maximum atomic E-state index is 6.27. The highest BCUT2D eigenvalue weighted by molar-refractivity contribution is 9.08. The molecule has 1 saturated carbocycles. The average molecular weight is 330 g/mol. The molecule has 0 bridgehead atoms. The van der Waals surface area contributed by atoms with Crippen LogP contribution >= 0.6 is 27.5 Å². The Bertz CT molecular complexity index is 426. The molecule has 1 saturated heterocycles. The second-order valence-electron chi connectivity index (χ2n) is 5.13. The summed E-state index contributed by atoms with van der Waals surface area (Å²) in [7, 11) is 0. The summed E-state index contributed by atoms with van der Waals surface area (Å²) in [6.07, 6.45) is 2.81. The van der Waals surface area contributed by atoms with Gasteiger partial charge in [-0.2, -0.15) is 0 Å². The SMILES string of the molecule is Clc1cccc(N2CCN(C3CC3)CC2)c1CBr. The molecule has 0 aromatic heterocycles. The van der Waals surface area contributed by atoms with Crippen LogP contribution in [-0.4, -0.2) is 37.1 Å². The van der Waals surface area contributed by atoms with Gasteiger partial charge >= 0.3 is 0 Å². The molecule has 0 unspecified atom stereocenters. The third-order valence-electron chi connectivity index (χ3n) is 3.95. The summed E-state index contributed by atoms with van der Waals surface area (Å²) in [5.74, 6) is 0. The standard InChI is InChI=1S/C14H18BrClN2/c15-10-12-13(16)2-1-3-14(12)18-8-6-17(7-9-18)11-4-5-11/h1-3,11H,4-10H2. The first-order valence-electron chi connectivity index (χ1n) is 6.62. The average Bonchev–Trinajstić information content (AvgIpc) is 3.23. The predicted molar refractivity (Wildman–Crippen MR) is 80.9 cm³/mol. The van der Waals surface area contributed by atoms with E-state index in [1.165, 1.54) is 37.2 Å². The van der Waals surface area contributed by atoms with E-state index in [1.54, 1.807) is 0 Å². The molecule has 0 radical (unpaired) electrons. The highest BCUT2D eigenvalue weighted by Crippen LogP contribution is 2.32. The number of piperazine rings is 1. The van der Waals surface area contributed by atoms with Gasteiger partial charge in [0.25, 0.3) is 0 Å². The van der Waals surface area contributed by atoms with Gasteiger partial charge in [-0.25, -0.2) is 0 Å². The molecule has 1 aromatic carbocycles. The van der Waals surface area contributed by atoms with Crippen LogP contribution < -0.4 is 4.90 Å². The van der Waals surface area contributed by atoms with E-state index in [2.05, 4.69) is 37.9 Å². The maximum absolute atomic E-state index is 6.27. The summed E-state index contributed by atoms with van der Waals surface area (Å²) >= 11 is 9.82. The molecule has 4 heteroatoms. The van der Waals surface area contributed by atoms with Gasteiger partial charge in [-0.1, -0.05) is 33.6 Å². The molecule has 0 atom stereocenters. The highest BCUT2D eigenvalue weighted by Gasteiger charge is 2.31. The molecule has 0 amide bonds. The molecule has 2 nitrogen and oxygen atoms in total. The van der Waals surface area contributed by atoms with Gasteiger partial charge in [0.1, 0.15) is 0 Å². The second-order valence-corrected chi connectivity index (χ2v) is 6.09. The topological polar surface area (TPSA) is 6.48 Å². The summed E-state index contributed by atoms with van der Waals surface area (Å²) in [5, 5.41) is 1.69. The molecular formula is C14H18BrClN2. The van der Waals surface area contributed by atoms with Crippen LogP contribution in [0, 0.1) is 0 Å². The van der Waals surface area contributed by atoms with E-state index in [0.29, 0.717) is 0 Å². The van der Waals surface area contributed by atoms with E-state index >= 15 is 0 Å². The lowest BCUT2D eigenvalue weighted by molar-refractivity contribution is 0.248. The van der Waals surface area contributed by atoms with Crippen molar-refractivity contribution in [3.63, 3.8) is 0 Å². The van der Waals surface area contributed by atoms with Crippen molar-refractivity contribution < 1.29 is 0 Å². The lowest BCUT2D eigenvalue weighted by Gasteiger charge is -2.37. The number of anilines is 1. The summed E-state index contributed by atoms with van der Waals surface area (Å²) < 4.78 is 0. The molecule has 0 N–H and O–H groups in total. The van der Waals surface area contributed by atoms with Gasteiger partial charge in [0, 0.05) is 53.8 Å². The van der Waals surface area contributed by atoms with Crippen molar-refractivity contribution in [1.82, 2.24) is 4.90 Å². The first kappa shape index (κ1) is 12.8. The van der Waals surface area contributed by atoms with Crippen molar-refractivity contribution in [2.45, 2.75) is 24.2 Å². The Labute approximate surface area is 122 Å². The van der Waals surface area contributed by atoms with Crippen LogP contribution in [0.5, 0.6) is 0 Å². The number of rotatable bonds is 3. The van der Waals surface area contributed by atoms with E-state index < -0.39 is 0 Å². The summed E-state index contributed by atoms with van der Waals surface area (Å²) in [6, 6.07) is 7.11. The number of hydrogen-bond donors (Lipinski definition) is 0. The molecule has 3 rings (SSSR count). The third-order valence-corrected chi connectivity index (χ3v) is 4.86. The van der Waals surface area contributed by atoms with Crippen LogP contribution in [0.4, 0.5) is 5.69 Å². The van der Waals surface area contributed by atoms with Gasteiger partial charge in [0.15, 0.2) is 0 Å². The first-order chi connectivity index (χ1) is 8.79. The van der Waals surface area contributed by atoms with Crippen molar-refractivity contribution in [3.8, 4) is 0 Å². The Morgan fingerprint density at radius 2 is 1.89 bits per heavy atom. The van der Waals surface area contributed by atoms with Gasteiger partial charge in [-0.15, -0.1) is 0 Å². The molecule has 98 valence electrons. The van der Waals surface area contributed by atoms with Gasteiger partial charge in [0.05, 0.1) is 0 Å². The first-order valence-corrected chi connectivity index (χ1v) is 8.12. The smallest absolute Gasteiger partial charge is 0.0467 e. The van der Waals surface area contributed by atoms with Crippen LogP contribution in [0.25, 0.3) is 0 Å². The zero-order chi connectivity index (χ0) is 12.5. The van der Waals surface area contributed by atoms with E-state index in [4.69, 9.17) is 11.6 Å². The molecule has 1 aromatic rings. The number of halogens is 2. The summed E-state index contributed by atoms with van der Waals surface area (Å²) in [4.78, 5) is 5.11. The molecule has 2 fully saturated rings. The number of benzene rings is 1. The van der Waals surface area contributed by atoms with Crippen molar-refractivity contribution in [2.24, 2.45) is 0 Å². The number of alkyl halides is 1. The summed E-state index contributed by atoms with van der Waals surface area (Å²) in [6.45, 7) is 4.63. The van der Waals surface area contributed by atoms with Crippen molar-refractivity contribution in [2.75, 3.05) is 31.1 Å². The van der Waals surface area contributed by atoms with E-state index in [0.717, 1.165) is 29.5 Å². The maximum Gasteiger partial charge on any atom is 0.0467 e. The van der Waals surface area contributed by atoms with E-state index in [9.17, 15) is 0 Å². The molecule has 2 aliphatic rings. The van der Waals surface area contributed by atoms with Crippen molar-refractivity contribution in [3.05, 3.63) is 28.8 Å². The Morgan fingerprint density at radius 1 is 1.17 bits per heavy atom. The van der Waals surface area contributed by atoms with E-state index in [1.807, 2.05) is 6.07 Å². The van der Waals surface area contributed by atoms with Gasteiger partial charge in [0.2, 0.25) is 0 Å². The monoisotopic (exact) mass is 328 g/mol. The lowest BCUT2D eigenvalue weighted by Crippen LogP contribution is -2.47. The Morgan fingerprint density at radius 3 is 2.50 bits per heavy atom. The lowest BCUT2D eigenvalue weighted by atomic mass is 10.1. The summed E-state index contributed by atoms with van der Waals surface area (Å²) in [5.41, 5.74) is 2.52. The fourth-order valence-corrected chi connectivity index (χ4v) is 3.73. The van der Waals surface area contributed by atoms with Crippen LogP contribution in [0.3, 0.4) is 0 Å². The van der Waals surface area contributed by atoms with Crippen molar-refractivity contribution >= 4 is 33.2 Å². The van der Waals surface area contributed by atoms with Crippen molar-refractivity contribution in [1.29, 1.82) is 0 Å². The fraction of sp³-hybridized carbons (Fsp3) is 0.571. The molecular weight excluding hydrogens is 312 g/mol. The highest BCUT2D eigenvalue weighted by atomic mass is 79.9. The molecule has 1 aliphatic carbocycles. The zero-order valence-electron chi connectivity index (χ0n) is 10.4. The largest absolute Gasteiger partial charge is 0.369 e. The molecule has 18 heavy (non-hydrogen) atoms. The normalized spacial score (nSPS) is 21.3. The number of hydrogen-bond acceptors (Lipinski definition) is 2. The molecule has 1 heterocycles. The Hall–Kier alpha value is -0.250. The molecule has 0 spiro atoms. The van der Waals surface area contributed by atoms with Crippen LogP contribution in [0.2, 0.25) is 5.02 Å². The molecule has 1 aliphatic heterocycles. The predicted octanol–water partition coefficient (Wildman–Crippen LogP) is 3.52. The van der Waals surface area contributed by atoms with Crippen LogP contribution in [0.1, 0.15) is 18.4 Å². The Kier molecular flexibility index (Phi) is 3.83. The minimum atomic E-state index is 0.824. The van der Waals surface area contributed by atoms with Gasteiger partial charge in [-0.3, -0.25) is 4.90 Å². The third kappa shape index (κ3) is 2.54. The Balaban J connectivity index is 1.73. The minimum Gasteiger partial charge on any atom is -0.369 e. The zero-order valence-corrected chi connectivity index (χ0v) is 12.8. The van der Waals surface area contributed by atoms with Gasteiger partial charge < -0.3 is 4.90 Å². The second kappa shape index (κ2) is 5.40.